The second kappa shape index (κ2) is 12.5. The maximum absolute atomic E-state index is 12.0. The lowest BCUT2D eigenvalue weighted by Crippen LogP contribution is -2.40. The Balaban J connectivity index is 0.000000580. The normalized spacial score (nSPS) is 11.3. The van der Waals surface area contributed by atoms with Gasteiger partial charge in [-0.15, -0.1) is 0 Å². The molecule has 0 unspecified atom stereocenters. The van der Waals surface area contributed by atoms with Gasteiger partial charge in [0.2, 0.25) is 0 Å². The van der Waals surface area contributed by atoms with Crippen molar-refractivity contribution in [1.29, 1.82) is 0 Å². The Morgan fingerprint density at radius 2 is 1.30 bits per heavy atom. The van der Waals surface area contributed by atoms with Crippen molar-refractivity contribution < 1.29 is 28.9 Å². The molecule has 0 amide bonds. The summed E-state index contributed by atoms with van der Waals surface area (Å²) >= 11 is 0. The molecule has 0 atom stereocenters. The number of benzene rings is 1. The average molecular weight is 382 g/mol. The summed E-state index contributed by atoms with van der Waals surface area (Å²) in [6.45, 7) is 7.76. The summed E-state index contributed by atoms with van der Waals surface area (Å²) in [4.78, 5) is 22.6. The van der Waals surface area contributed by atoms with Crippen LogP contribution in [0.1, 0.15) is 58.9 Å². The summed E-state index contributed by atoms with van der Waals surface area (Å²) < 4.78 is 15.5. The molecule has 0 fully saturated rings. The summed E-state index contributed by atoms with van der Waals surface area (Å²) in [5.41, 5.74) is -0.771. The molecule has 6 heteroatoms. The molecule has 1 aromatic rings. The van der Waals surface area contributed by atoms with E-state index in [9.17, 15) is 9.59 Å². The standard InChI is InChI=1S/C14H20O3.C7H14O3/c1-4-14(5-2,16-3)13(15)17-11-12-9-7-6-8-10-12;1-4-7(5-2,10-3)6(8)9/h6-10H,4-5,11H2,1-3H3;4-5H2,1-3H3,(H,8,9). The number of carbonyl (C=O) groups is 2. The third kappa shape index (κ3) is 6.96. The Bertz CT molecular complexity index is 531. The molecule has 0 spiro atoms. The van der Waals surface area contributed by atoms with E-state index in [0.29, 0.717) is 32.3 Å². The first-order valence-corrected chi connectivity index (χ1v) is 9.36. The van der Waals surface area contributed by atoms with E-state index in [4.69, 9.17) is 19.3 Å². The van der Waals surface area contributed by atoms with Gasteiger partial charge in [0, 0.05) is 14.2 Å². The quantitative estimate of drug-likeness (QED) is 0.610. The van der Waals surface area contributed by atoms with Gasteiger partial charge in [0.05, 0.1) is 0 Å². The SMILES string of the molecule is CCC(CC)(OC)C(=O)O.CCC(CC)(OC)C(=O)OCc1ccccc1. The van der Waals surface area contributed by atoms with Crippen molar-refractivity contribution in [3.8, 4) is 0 Å². The molecule has 0 aliphatic heterocycles. The van der Waals surface area contributed by atoms with Gasteiger partial charge in [-0.3, -0.25) is 0 Å². The molecule has 0 bridgehead atoms. The lowest BCUT2D eigenvalue weighted by molar-refractivity contribution is -0.171. The highest BCUT2D eigenvalue weighted by molar-refractivity contribution is 5.79. The fourth-order valence-electron chi connectivity index (χ4n) is 2.69. The molecule has 0 radical (unpaired) electrons. The molecule has 0 aliphatic carbocycles. The molecule has 0 saturated heterocycles. The van der Waals surface area contributed by atoms with Gasteiger partial charge in [0.25, 0.3) is 0 Å². The first-order valence-electron chi connectivity index (χ1n) is 9.36. The van der Waals surface area contributed by atoms with Crippen molar-refractivity contribution in [2.75, 3.05) is 14.2 Å². The van der Waals surface area contributed by atoms with Crippen LogP contribution in [0.5, 0.6) is 0 Å². The van der Waals surface area contributed by atoms with Crippen LogP contribution >= 0.6 is 0 Å². The lowest BCUT2D eigenvalue weighted by Gasteiger charge is -2.27. The van der Waals surface area contributed by atoms with Crippen molar-refractivity contribution in [3.63, 3.8) is 0 Å². The first kappa shape index (κ1) is 25.1. The topological polar surface area (TPSA) is 82.1 Å². The van der Waals surface area contributed by atoms with Crippen LogP contribution in [0.25, 0.3) is 0 Å². The Labute approximate surface area is 162 Å². The van der Waals surface area contributed by atoms with Gasteiger partial charge < -0.3 is 19.3 Å². The number of hydrogen-bond acceptors (Lipinski definition) is 5. The summed E-state index contributed by atoms with van der Waals surface area (Å²) in [6, 6.07) is 9.64. The minimum absolute atomic E-state index is 0.283. The lowest BCUT2D eigenvalue weighted by atomic mass is 9.97. The number of esters is 1. The van der Waals surface area contributed by atoms with Gasteiger partial charge >= 0.3 is 11.9 Å². The monoisotopic (exact) mass is 382 g/mol. The zero-order valence-electron chi connectivity index (χ0n) is 17.4. The molecule has 0 heterocycles. The number of aliphatic carboxylic acids is 1. The van der Waals surface area contributed by atoms with E-state index in [-0.39, 0.29) is 5.97 Å². The zero-order valence-corrected chi connectivity index (χ0v) is 17.4. The van der Waals surface area contributed by atoms with Gasteiger partial charge in [-0.25, -0.2) is 9.59 Å². The smallest absolute Gasteiger partial charge is 0.338 e. The number of hydrogen-bond donors (Lipinski definition) is 1. The molecule has 0 aromatic heterocycles. The molecular weight excluding hydrogens is 348 g/mol. The van der Waals surface area contributed by atoms with E-state index in [1.54, 1.807) is 21.0 Å². The molecule has 154 valence electrons. The van der Waals surface area contributed by atoms with E-state index < -0.39 is 17.2 Å². The highest BCUT2D eigenvalue weighted by Crippen LogP contribution is 2.22. The van der Waals surface area contributed by atoms with Gasteiger partial charge in [0.15, 0.2) is 11.2 Å². The van der Waals surface area contributed by atoms with Crippen molar-refractivity contribution >= 4 is 11.9 Å². The molecular formula is C21H34O6. The van der Waals surface area contributed by atoms with E-state index in [1.807, 2.05) is 44.2 Å². The fourth-order valence-corrected chi connectivity index (χ4v) is 2.69. The van der Waals surface area contributed by atoms with Crippen molar-refractivity contribution in [2.24, 2.45) is 0 Å². The highest BCUT2D eigenvalue weighted by atomic mass is 16.6. The molecule has 1 aromatic carbocycles. The Morgan fingerprint density at radius 3 is 1.59 bits per heavy atom. The number of methoxy groups -OCH3 is 2. The van der Waals surface area contributed by atoms with Crippen molar-refractivity contribution in [3.05, 3.63) is 35.9 Å². The Hall–Kier alpha value is -1.92. The van der Waals surface area contributed by atoms with Crippen molar-refractivity contribution in [2.45, 2.75) is 71.2 Å². The highest BCUT2D eigenvalue weighted by Gasteiger charge is 2.36. The molecule has 6 nitrogen and oxygen atoms in total. The number of carboxylic acids is 1. The van der Waals surface area contributed by atoms with Crippen LogP contribution in [0, 0.1) is 0 Å². The van der Waals surface area contributed by atoms with E-state index in [1.165, 1.54) is 7.11 Å². The molecule has 1 rings (SSSR count). The maximum atomic E-state index is 12.0. The molecule has 1 N–H and O–H groups in total. The van der Waals surface area contributed by atoms with Crippen LogP contribution in [-0.4, -0.2) is 42.5 Å². The summed E-state index contributed by atoms with van der Waals surface area (Å²) in [5.74, 6) is -1.16. The number of carbonyl (C=O) groups excluding carboxylic acids is 1. The summed E-state index contributed by atoms with van der Waals surface area (Å²) in [7, 11) is 2.98. The summed E-state index contributed by atoms with van der Waals surface area (Å²) in [6.07, 6.45) is 2.26. The van der Waals surface area contributed by atoms with Crippen molar-refractivity contribution in [1.82, 2.24) is 0 Å². The predicted octanol–water partition coefficient (Wildman–Crippen LogP) is 4.21. The van der Waals surface area contributed by atoms with Gasteiger partial charge in [-0.2, -0.15) is 0 Å². The first-order chi connectivity index (χ1) is 12.8. The van der Waals surface area contributed by atoms with Crippen LogP contribution in [0.2, 0.25) is 0 Å². The Morgan fingerprint density at radius 1 is 0.852 bits per heavy atom. The second-order valence-electron chi connectivity index (χ2n) is 6.18. The van der Waals surface area contributed by atoms with Crippen LogP contribution in [0.4, 0.5) is 0 Å². The van der Waals surface area contributed by atoms with E-state index in [0.717, 1.165) is 5.56 Å². The third-order valence-electron chi connectivity index (χ3n) is 5.04. The average Bonchev–Trinajstić information content (AvgIpc) is 2.71. The zero-order chi connectivity index (χ0) is 20.9. The third-order valence-corrected chi connectivity index (χ3v) is 5.04. The summed E-state index contributed by atoms with van der Waals surface area (Å²) in [5, 5.41) is 8.70. The van der Waals surface area contributed by atoms with Gasteiger partial charge in [0.1, 0.15) is 6.61 Å². The minimum atomic E-state index is -0.958. The molecule has 0 saturated carbocycles. The van der Waals surface area contributed by atoms with E-state index in [2.05, 4.69) is 0 Å². The minimum Gasteiger partial charge on any atom is -0.479 e. The van der Waals surface area contributed by atoms with Crippen LogP contribution in [0.3, 0.4) is 0 Å². The van der Waals surface area contributed by atoms with Crippen LogP contribution in [0.15, 0.2) is 30.3 Å². The van der Waals surface area contributed by atoms with Crippen LogP contribution < -0.4 is 0 Å². The number of rotatable bonds is 10. The predicted molar refractivity (Wildman–Crippen MR) is 105 cm³/mol. The van der Waals surface area contributed by atoms with E-state index >= 15 is 0 Å². The Kier molecular flexibility index (Phi) is 11.6. The molecule has 0 aliphatic rings. The number of ether oxygens (including phenoxy) is 3. The maximum Gasteiger partial charge on any atom is 0.338 e. The van der Waals surface area contributed by atoms with Crippen LogP contribution in [-0.2, 0) is 30.4 Å². The van der Waals surface area contributed by atoms with Gasteiger partial charge in [-0.1, -0.05) is 58.0 Å². The number of carboxylic acid groups (broad SMARTS) is 1. The largest absolute Gasteiger partial charge is 0.479 e. The second-order valence-corrected chi connectivity index (χ2v) is 6.18. The van der Waals surface area contributed by atoms with Gasteiger partial charge in [-0.05, 0) is 31.2 Å². The molecule has 27 heavy (non-hydrogen) atoms. The fraction of sp³-hybridized carbons (Fsp3) is 0.619.